The molecule has 2 heterocycles. The molecule has 3 aromatic rings. The van der Waals surface area contributed by atoms with E-state index < -0.39 is 11.6 Å². The number of rotatable bonds is 6. The molecule has 1 fully saturated rings. The number of ether oxygens (including phenoxy) is 2. The Morgan fingerprint density at radius 2 is 2.04 bits per heavy atom. The van der Waals surface area contributed by atoms with E-state index >= 15 is 0 Å². The molecule has 1 atom stereocenters. The fourth-order valence-electron chi connectivity index (χ4n) is 2.75. The lowest BCUT2D eigenvalue weighted by molar-refractivity contribution is 0.142. The number of hydrogen-bond donors (Lipinski definition) is 1. The van der Waals surface area contributed by atoms with Crippen molar-refractivity contribution in [2.45, 2.75) is 19.1 Å². The lowest BCUT2D eigenvalue weighted by Gasteiger charge is -2.15. The second-order valence-corrected chi connectivity index (χ2v) is 6.09. The van der Waals surface area contributed by atoms with E-state index in [1.807, 2.05) is 24.3 Å². The first-order valence-corrected chi connectivity index (χ1v) is 8.54. The van der Waals surface area contributed by atoms with Crippen LogP contribution >= 0.6 is 0 Å². The van der Waals surface area contributed by atoms with Crippen LogP contribution in [0.15, 0.2) is 47.0 Å². The number of benzene rings is 2. The van der Waals surface area contributed by atoms with Gasteiger partial charge in [-0.05, 0) is 30.3 Å². The van der Waals surface area contributed by atoms with Crippen molar-refractivity contribution in [2.24, 2.45) is 0 Å². The topological polar surface area (TPSA) is 69.4 Å². The first-order chi connectivity index (χ1) is 13.2. The molecule has 27 heavy (non-hydrogen) atoms. The Morgan fingerprint density at radius 3 is 2.85 bits per heavy atom. The summed E-state index contributed by atoms with van der Waals surface area (Å²) in [5.41, 5.74) is 1.13. The van der Waals surface area contributed by atoms with Crippen LogP contribution in [0.4, 0.5) is 14.5 Å². The monoisotopic (exact) mass is 373 g/mol. The largest absolute Gasteiger partial charge is 0.486 e. The van der Waals surface area contributed by atoms with Crippen LogP contribution in [-0.4, -0.2) is 29.5 Å². The summed E-state index contributed by atoms with van der Waals surface area (Å²) in [6.45, 7) is 1.54. The smallest absolute Gasteiger partial charge is 0.246 e. The van der Waals surface area contributed by atoms with Gasteiger partial charge in [0, 0.05) is 12.0 Å². The number of halogens is 2. The maximum absolute atomic E-state index is 13.4. The number of anilines is 1. The predicted molar refractivity (Wildman–Crippen MR) is 93.3 cm³/mol. The van der Waals surface area contributed by atoms with Crippen LogP contribution in [0.2, 0.25) is 0 Å². The van der Waals surface area contributed by atoms with E-state index in [1.165, 1.54) is 6.07 Å². The summed E-state index contributed by atoms with van der Waals surface area (Å²) in [6.07, 6.45) is 0.895. The number of para-hydroxylation sites is 2. The highest BCUT2D eigenvalue weighted by Crippen LogP contribution is 2.27. The molecule has 0 saturated carbocycles. The van der Waals surface area contributed by atoms with E-state index in [4.69, 9.17) is 14.0 Å². The van der Waals surface area contributed by atoms with Gasteiger partial charge in [0.15, 0.2) is 11.6 Å². The SMILES string of the molecule is Fc1ccc(-c2noc(CNc3ccccc3OC3CCOC3)n2)cc1F. The van der Waals surface area contributed by atoms with Gasteiger partial charge in [-0.1, -0.05) is 17.3 Å². The molecule has 0 amide bonds. The quantitative estimate of drug-likeness (QED) is 0.709. The Labute approximate surface area is 154 Å². The normalized spacial score (nSPS) is 16.4. The molecular weight excluding hydrogens is 356 g/mol. The zero-order valence-corrected chi connectivity index (χ0v) is 14.3. The van der Waals surface area contributed by atoms with Crippen molar-refractivity contribution in [3.63, 3.8) is 0 Å². The number of nitrogens with one attached hydrogen (secondary N) is 1. The van der Waals surface area contributed by atoms with Crippen LogP contribution < -0.4 is 10.1 Å². The minimum Gasteiger partial charge on any atom is -0.486 e. The molecule has 0 aliphatic carbocycles. The van der Waals surface area contributed by atoms with Gasteiger partial charge in [-0.3, -0.25) is 0 Å². The molecule has 2 aromatic carbocycles. The first-order valence-electron chi connectivity index (χ1n) is 8.54. The van der Waals surface area contributed by atoms with E-state index in [2.05, 4.69) is 15.5 Å². The van der Waals surface area contributed by atoms with Crippen molar-refractivity contribution in [1.82, 2.24) is 10.1 Å². The lowest BCUT2D eigenvalue weighted by atomic mass is 10.2. The Hall–Kier alpha value is -3.00. The molecule has 6 nitrogen and oxygen atoms in total. The third-order valence-electron chi connectivity index (χ3n) is 4.14. The highest BCUT2D eigenvalue weighted by molar-refractivity contribution is 5.57. The van der Waals surface area contributed by atoms with Crippen molar-refractivity contribution in [1.29, 1.82) is 0 Å². The van der Waals surface area contributed by atoms with E-state index in [0.717, 1.165) is 24.2 Å². The molecule has 8 heteroatoms. The van der Waals surface area contributed by atoms with Crippen molar-refractivity contribution in [3.05, 3.63) is 60.0 Å². The van der Waals surface area contributed by atoms with Gasteiger partial charge in [0.1, 0.15) is 11.9 Å². The summed E-state index contributed by atoms with van der Waals surface area (Å²) in [5.74, 6) is -0.659. The maximum Gasteiger partial charge on any atom is 0.246 e. The molecule has 1 unspecified atom stereocenters. The molecule has 1 aromatic heterocycles. The van der Waals surface area contributed by atoms with E-state index in [-0.39, 0.29) is 18.5 Å². The highest BCUT2D eigenvalue weighted by atomic mass is 19.2. The van der Waals surface area contributed by atoms with E-state index in [1.54, 1.807) is 0 Å². The predicted octanol–water partition coefficient (Wildman–Crippen LogP) is 3.79. The van der Waals surface area contributed by atoms with E-state index in [0.29, 0.717) is 30.4 Å². The second-order valence-electron chi connectivity index (χ2n) is 6.09. The van der Waals surface area contributed by atoms with Gasteiger partial charge in [-0.25, -0.2) is 8.78 Å². The summed E-state index contributed by atoms with van der Waals surface area (Å²) >= 11 is 0. The Balaban J connectivity index is 1.43. The molecule has 0 radical (unpaired) electrons. The molecule has 0 spiro atoms. The van der Waals surface area contributed by atoms with Crippen LogP contribution in [0.5, 0.6) is 5.75 Å². The number of nitrogens with zero attached hydrogens (tertiary/aromatic N) is 2. The van der Waals surface area contributed by atoms with Gasteiger partial charge >= 0.3 is 0 Å². The molecule has 140 valence electrons. The standard InChI is InChI=1S/C19H17F2N3O3/c20-14-6-5-12(9-15(14)21)19-23-18(27-24-19)10-22-16-3-1-2-4-17(16)26-13-7-8-25-11-13/h1-6,9,13,22H,7-8,10-11H2. The molecule has 4 rings (SSSR count). The van der Waals surface area contributed by atoms with Gasteiger partial charge in [-0.2, -0.15) is 4.98 Å². The highest BCUT2D eigenvalue weighted by Gasteiger charge is 2.18. The third-order valence-corrected chi connectivity index (χ3v) is 4.14. The lowest BCUT2D eigenvalue weighted by Crippen LogP contribution is -2.16. The van der Waals surface area contributed by atoms with Gasteiger partial charge in [0.25, 0.3) is 0 Å². The summed E-state index contributed by atoms with van der Waals surface area (Å²) in [5, 5.41) is 7.00. The van der Waals surface area contributed by atoms with Crippen molar-refractivity contribution in [3.8, 4) is 17.1 Å². The molecule has 1 aliphatic rings. The minimum atomic E-state index is -0.959. The zero-order chi connectivity index (χ0) is 18.6. The van der Waals surface area contributed by atoms with E-state index in [9.17, 15) is 8.78 Å². The van der Waals surface area contributed by atoms with Crippen molar-refractivity contribution >= 4 is 5.69 Å². The van der Waals surface area contributed by atoms with Gasteiger partial charge in [-0.15, -0.1) is 0 Å². The summed E-state index contributed by atoms with van der Waals surface area (Å²) in [6, 6.07) is 11.0. The third kappa shape index (κ3) is 4.06. The summed E-state index contributed by atoms with van der Waals surface area (Å²) < 4.78 is 42.9. The van der Waals surface area contributed by atoms with Crippen LogP contribution in [0.25, 0.3) is 11.4 Å². The number of hydrogen-bond acceptors (Lipinski definition) is 6. The Bertz CT molecular complexity index is 926. The molecule has 1 N–H and O–H groups in total. The van der Waals surface area contributed by atoms with Crippen LogP contribution in [0, 0.1) is 11.6 Å². The molecular formula is C19H17F2N3O3. The summed E-state index contributed by atoms with van der Waals surface area (Å²) in [7, 11) is 0. The fraction of sp³-hybridized carbons (Fsp3) is 0.263. The van der Waals surface area contributed by atoms with Gasteiger partial charge < -0.3 is 19.3 Å². The van der Waals surface area contributed by atoms with Crippen molar-refractivity contribution < 1.29 is 22.8 Å². The molecule has 1 aliphatic heterocycles. The molecule has 0 bridgehead atoms. The molecule has 1 saturated heterocycles. The average Bonchev–Trinajstić information content (AvgIpc) is 3.35. The second kappa shape index (κ2) is 7.71. The van der Waals surface area contributed by atoms with Gasteiger partial charge in [0.2, 0.25) is 11.7 Å². The van der Waals surface area contributed by atoms with Crippen LogP contribution in [0.1, 0.15) is 12.3 Å². The maximum atomic E-state index is 13.4. The van der Waals surface area contributed by atoms with Crippen molar-refractivity contribution in [2.75, 3.05) is 18.5 Å². The average molecular weight is 373 g/mol. The van der Waals surface area contributed by atoms with Crippen LogP contribution in [0.3, 0.4) is 0 Å². The van der Waals surface area contributed by atoms with Gasteiger partial charge in [0.05, 0.1) is 25.4 Å². The number of aromatic nitrogens is 2. The zero-order valence-electron chi connectivity index (χ0n) is 14.3. The Morgan fingerprint density at radius 1 is 1.15 bits per heavy atom. The first kappa shape index (κ1) is 17.4. The Kier molecular flexibility index (Phi) is 4.97. The van der Waals surface area contributed by atoms with Crippen LogP contribution in [-0.2, 0) is 11.3 Å². The minimum absolute atomic E-state index is 0.0383. The summed E-state index contributed by atoms with van der Waals surface area (Å²) in [4.78, 5) is 4.21. The fourth-order valence-corrected chi connectivity index (χ4v) is 2.75.